The lowest BCUT2D eigenvalue weighted by Crippen LogP contribution is -2.45. The molecular weight excluding hydrogens is 386 g/mol. The van der Waals surface area contributed by atoms with Gasteiger partial charge < -0.3 is 10.4 Å². The summed E-state index contributed by atoms with van der Waals surface area (Å²) < 4.78 is 0. The van der Waals surface area contributed by atoms with Crippen molar-refractivity contribution in [3.05, 3.63) is 94.5 Å². The van der Waals surface area contributed by atoms with Crippen LogP contribution in [0.25, 0.3) is 11.1 Å². The molecule has 3 aromatic carbocycles. The van der Waals surface area contributed by atoms with Gasteiger partial charge in [0.05, 0.1) is 5.54 Å². The van der Waals surface area contributed by atoms with Crippen molar-refractivity contribution >= 4 is 11.9 Å². The average molecular weight is 414 g/mol. The third-order valence-corrected chi connectivity index (χ3v) is 6.14. The van der Waals surface area contributed by atoms with E-state index in [-0.39, 0.29) is 12.3 Å². The molecule has 0 fully saturated rings. The number of aryl methyl sites for hydroxylation is 3. The molecule has 0 saturated heterocycles. The lowest BCUT2D eigenvalue weighted by molar-refractivity contribution is -0.137. The maximum atomic E-state index is 12.3. The van der Waals surface area contributed by atoms with E-state index in [1.54, 1.807) is 6.92 Å². The van der Waals surface area contributed by atoms with Gasteiger partial charge in [0.1, 0.15) is 0 Å². The molecule has 1 aliphatic rings. The molecule has 1 amide bonds. The quantitative estimate of drug-likeness (QED) is 0.572. The first-order valence-electron chi connectivity index (χ1n) is 10.7. The summed E-state index contributed by atoms with van der Waals surface area (Å²) >= 11 is 0. The molecule has 0 aliphatic heterocycles. The Morgan fingerprint density at radius 1 is 0.871 bits per heavy atom. The number of carbonyl (C=O) groups excluding carboxylic acids is 1. The molecular formula is C27H27NO3. The van der Waals surface area contributed by atoms with E-state index >= 15 is 0 Å². The Bertz CT molecular complexity index is 1130. The van der Waals surface area contributed by atoms with Gasteiger partial charge in [-0.2, -0.15) is 0 Å². The smallest absolute Gasteiger partial charge is 0.303 e. The predicted molar refractivity (Wildman–Crippen MR) is 122 cm³/mol. The van der Waals surface area contributed by atoms with Crippen LogP contribution in [0, 0.1) is 6.92 Å². The van der Waals surface area contributed by atoms with Crippen LogP contribution in [0.3, 0.4) is 0 Å². The van der Waals surface area contributed by atoms with Crippen LogP contribution in [-0.2, 0) is 28.0 Å². The van der Waals surface area contributed by atoms with Gasteiger partial charge in [-0.3, -0.25) is 9.59 Å². The Hall–Kier alpha value is -3.40. The number of carboxylic acid groups (broad SMARTS) is 1. The number of rotatable bonds is 7. The van der Waals surface area contributed by atoms with Gasteiger partial charge in [0.2, 0.25) is 5.91 Å². The number of carbonyl (C=O) groups is 2. The molecule has 1 unspecified atom stereocenters. The number of nitrogens with one attached hydrogen (secondary N) is 1. The molecule has 0 radical (unpaired) electrons. The molecule has 31 heavy (non-hydrogen) atoms. The van der Waals surface area contributed by atoms with Crippen molar-refractivity contribution in [1.29, 1.82) is 0 Å². The Labute approximate surface area is 182 Å². The normalized spacial score (nSPS) is 16.5. The third kappa shape index (κ3) is 4.11. The minimum Gasteiger partial charge on any atom is -0.481 e. The summed E-state index contributed by atoms with van der Waals surface area (Å²) in [7, 11) is 0. The lowest BCUT2D eigenvalue weighted by Gasteiger charge is -2.33. The van der Waals surface area contributed by atoms with E-state index in [1.165, 1.54) is 22.3 Å². The molecule has 0 aromatic heterocycles. The number of hydrogen-bond donors (Lipinski definition) is 2. The second-order valence-corrected chi connectivity index (χ2v) is 8.39. The van der Waals surface area contributed by atoms with Crippen molar-refractivity contribution in [1.82, 2.24) is 5.32 Å². The van der Waals surface area contributed by atoms with Crippen LogP contribution >= 0.6 is 0 Å². The highest BCUT2D eigenvalue weighted by molar-refractivity contribution is 5.85. The molecule has 158 valence electrons. The van der Waals surface area contributed by atoms with Gasteiger partial charge in [-0.1, -0.05) is 72.3 Å². The lowest BCUT2D eigenvalue weighted by atomic mass is 9.81. The van der Waals surface area contributed by atoms with Crippen molar-refractivity contribution in [3.8, 4) is 11.1 Å². The van der Waals surface area contributed by atoms with Gasteiger partial charge in [0.25, 0.3) is 0 Å². The van der Waals surface area contributed by atoms with Crippen LogP contribution in [0.4, 0.5) is 0 Å². The topological polar surface area (TPSA) is 66.4 Å². The van der Waals surface area contributed by atoms with Crippen LogP contribution in [0.1, 0.15) is 47.6 Å². The predicted octanol–water partition coefficient (Wildman–Crippen LogP) is 5.01. The van der Waals surface area contributed by atoms with Crippen LogP contribution in [0.15, 0.2) is 66.7 Å². The van der Waals surface area contributed by atoms with E-state index in [1.807, 2.05) is 24.3 Å². The monoisotopic (exact) mass is 413 g/mol. The van der Waals surface area contributed by atoms with Crippen LogP contribution < -0.4 is 5.32 Å². The maximum Gasteiger partial charge on any atom is 0.303 e. The van der Waals surface area contributed by atoms with E-state index in [0.29, 0.717) is 6.42 Å². The molecule has 0 heterocycles. The molecule has 4 nitrogen and oxygen atoms in total. The Morgan fingerprint density at radius 2 is 1.52 bits per heavy atom. The number of carboxylic acids is 1. The zero-order valence-electron chi connectivity index (χ0n) is 17.9. The Balaban J connectivity index is 1.67. The van der Waals surface area contributed by atoms with Crippen LogP contribution in [-0.4, -0.2) is 17.0 Å². The van der Waals surface area contributed by atoms with E-state index in [2.05, 4.69) is 54.7 Å². The number of hydrogen-bond acceptors (Lipinski definition) is 2. The summed E-state index contributed by atoms with van der Waals surface area (Å²) in [5.41, 5.74) is 7.48. The summed E-state index contributed by atoms with van der Waals surface area (Å²) in [6, 6.07) is 22.9. The molecule has 0 spiro atoms. The highest BCUT2D eigenvalue weighted by atomic mass is 16.4. The second kappa shape index (κ2) is 8.38. The fourth-order valence-corrected chi connectivity index (χ4v) is 4.71. The summed E-state index contributed by atoms with van der Waals surface area (Å²) in [6.45, 7) is 3.67. The fourth-order valence-electron chi connectivity index (χ4n) is 4.71. The molecule has 0 bridgehead atoms. The molecule has 4 heteroatoms. The zero-order valence-corrected chi connectivity index (χ0v) is 17.9. The Morgan fingerprint density at radius 3 is 2.19 bits per heavy atom. The third-order valence-electron chi connectivity index (χ3n) is 6.14. The minimum absolute atomic E-state index is 0.0488. The van der Waals surface area contributed by atoms with Crippen molar-refractivity contribution < 1.29 is 14.7 Å². The first kappa shape index (κ1) is 20.9. The molecule has 4 rings (SSSR count). The summed E-state index contributed by atoms with van der Waals surface area (Å²) in [6.07, 6.45) is 2.21. The average Bonchev–Trinajstić information content (AvgIpc) is 3.00. The van der Waals surface area contributed by atoms with Gasteiger partial charge in [-0.25, -0.2) is 0 Å². The van der Waals surface area contributed by atoms with Crippen LogP contribution in [0.2, 0.25) is 0 Å². The fraction of sp³-hybridized carbons (Fsp3) is 0.259. The van der Waals surface area contributed by atoms with E-state index < -0.39 is 11.5 Å². The van der Waals surface area contributed by atoms with Gasteiger partial charge in [-0.05, 0) is 59.6 Å². The standard InChI is InChI=1S/C27H27NO3/c1-18-7-13-25-23(17-18)22-5-3-4-6-24(22)27(25,28-19(2)29)16-15-21-10-8-20(9-11-21)12-14-26(30)31/h3-11,13,17H,12,14-16H2,1-2H3,(H,28,29)(H,30,31). The number of amides is 1. The van der Waals surface area contributed by atoms with Crippen molar-refractivity contribution in [3.63, 3.8) is 0 Å². The molecule has 3 aromatic rings. The highest BCUT2D eigenvalue weighted by Crippen LogP contribution is 2.49. The summed E-state index contributed by atoms with van der Waals surface area (Å²) in [5, 5.41) is 12.2. The maximum absolute atomic E-state index is 12.3. The van der Waals surface area contributed by atoms with Gasteiger partial charge >= 0.3 is 5.97 Å². The molecule has 1 atom stereocenters. The minimum atomic E-state index is -0.782. The Kier molecular flexibility index (Phi) is 5.64. The van der Waals surface area contributed by atoms with Crippen molar-refractivity contribution in [2.45, 2.75) is 45.1 Å². The number of benzene rings is 3. The SMILES string of the molecule is CC(=O)NC1(CCc2ccc(CCC(=O)O)cc2)c2ccccc2-c2cc(C)ccc21. The molecule has 2 N–H and O–H groups in total. The van der Waals surface area contributed by atoms with Crippen molar-refractivity contribution in [2.24, 2.45) is 0 Å². The first-order valence-corrected chi connectivity index (χ1v) is 10.7. The van der Waals surface area contributed by atoms with Crippen molar-refractivity contribution in [2.75, 3.05) is 0 Å². The van der Waals surface area contributed by atoms with E-state index in [0.717, 1.165) is 29.5 Å². The van der Waals surface area contributed by atoms with E-state index in [4.69, 9.17) is 5.11 Å². The number of fused-ring (bicyclic) bond motifs is 3. The molecule has 1 aliphatic carbocycles. The number of aliphatic carboxylic acids is 1. The highest BCUT2D eigenvalue weighted by Gasteiger charge is 2.43. The zero-order chi connectivity index (χ0) is 22.0. The first-order chi connectivity index (χ1) is 14.9. The van der Waals surface area contributed by atoms with Gasteiger partial charge in [-0.15, -0.1) is 0 Å². The van der Waals surface area contributed by atoms with Gasteiger partial charge in [0.15, 0.2) is 0 Å². The molecule has 0 saturated carbocycles. The van der Waals surface area contributed by atoms with Crippen LogP contribution in [0.5, 0.6) is 0 Å². The van der Waals surface area contributed by atoms with Gasteiger partial charge in [0, 0.05) is 13.3 Å². The second-order valence-electron chi connectivity index (χ2n) is 8.39. The summed E-state index contributed by atoms with van der Waals surface area (Å²) in [5.74, 6) is -0.831. The van der Waals surface area contributed by atoms with E-state index in [9.17, 15) is 9.59 Å². The summed E-state index contributed by atoms with van der Waals surface area (Å²) in [4.78, 5) is 23.1. The largest absolute Gasteiger partial charge is 0.481 e.